The SMILES string of the molecule is O=C(O)c1ncc(CN(Cc2cccc(Cl)c2Cl)C(=O)c2cc(F)cc(F)c2)cc1Cl. The number of hydrogen-bond acceptors (Lipinski definition) is 3. The Hall–Kier alpha value is -2.74. The van der Waals surface area contributed by atoms with Crippen LogP contribution in [0, 0.1) is 11.6 Å². The normalized spacial score (nSPS) is 10.7. The molecular formula is C21H13Cl3F2N2O3. The fraction of sp³-hybridized carbons (Fsp3) is 0.0952. The zero-order chi connectivity index (χ0) is 22.7. The van der Waals surface area contributed by atoms with Crippen LogP contribution < -0.4 is 0 Å². The Morgan fingerprint density at radius 1 is 0.968 bits per heavy atom. The minimum absolute atomic E-state index is 0.0470. The van der Waals surface area contributed by atoms with Crippen LogP contribution in [0.15, 0.2) is 48.7 Å². The number of carboxylic acids is 1. The molecule has 10 heteroatoms. The van der Waals surface area contributed by atoms with Crippen LogP contribution >= 0.6 is 34.8 Å². The predicted molar refractivity (Wildman–Crippen MR) is 113 cm³/mol. The molecule has 160 valence electrons. The van der Waals surface area contributed by atoms with Crippen molar-refractivity contribution in [2.45, 2.75) is 13.1 Å². The summed E-state index contributed by atoms with van der Waals surface area (Å²) >= 11 is 18.2. The molecule has 2 aromatic carbocycles. The van der Waals surface area contributed by atoms with Gasteiger partial charge in [0.25, 0.3) is 5.91 Å². The lowest BCUT2D eigenvalue weighted by molar-refractivity contribution is 0.0687. The van der Waals surface area contributed by atoms with Gasteiger partial charge in [-0.25, -0.2) is 18.6 Å². The number of nitrogens with zero attached hydrogens (tertiary/aromatic N) is 2. The maximum Gasteiger partial charge on any atom is 0.356 e. The number of carbonyl (C=O) groups is 2. The van der Waals surface area contributed by atoms with Gasteiger partial charge < -0.3 is 10.0 Å². The van der Waals surface area contributed by atoms with E-state index in [2.05, 4.69) is 4.98 Å². The van der Waals surface area contributed by atoms with Crippen molar-refractivity contribution < 1.29 is 23.5 Å². The lowest BCUT2D eigenvalue weighted by atomic mass is 10.1. The smallest absolute Gasteiger partial charge is 0.356 e. The maximum atomic E-state index is 13.7. The number of halogens is 5. The van der Waals surface area contributed by atoms with Crippen LogP contribution in [0.5, 0.6) is 0 Å². The zero-order valence-corrected chi connectivity index (χ0v) is 17.8. The maximum absolute atomic E-state index is 13.7. The van der Waals surface area contributed by atoms with Crippen molar-refractivity contribution in [3.05, 3.63) is 97.7 Å². The highest BCUT2D eigenvalue weighted by molar-refractivity contribution is 6.42. The molecule has 0 aliphatic carbocycles. The molecule has 0 atom stereocenters. The van der Waals surface area contributed by atoms with Crippen LogP contribution in [0.3, 0.4) is 0 Å². The van der Waals surface area contributed by atoms with E-state index in [0.717, 1.165) is 12.1 Å². The van der Waals surface area contributed by atoms with Crippen molar-refractivity contribution in [1.82, 2.24) is 9.88 Å². The van der Waals surface area contributed by atoms with Gasteiger partial charge in [-0.3, -0.25) is 4.79 Å². The topological polar surface area (TPSA) is 70.5 Å². The molecule has 0 spiro atoms. The number of pyridine rings is 1. The number of hydrogen-bond donors (Lipinski definition) is 1. The van der Waals surface area contributed by atoms with Crippen molar-refractivity contribution in [2.24, 2.45) is 0 Å². The summed E-state index contributed by atoms with van der Waals surface area (Å²) in [4.78, 5) is 29.3. The fourth-order valence-electron chi connectivity index (χ4n) is 2.88. The zero-order valence-electron chi connectivity index (χ0n) is 15.6. The second kappa shape index (κ2) is 9.60. The van der Waals surface area contributed by atoms with E-state index in [1.54, 1.807) is 18.2 Å². The number of benzene rings is 2. The Kier molecular flexibility index (Phi) is 7.10. The first-order valence-electron chi connectivity index (χ1n) is 8.71. The van der Waals surface area contributed by atoms with Gasteiger partial charge in [0.1, 0.15) is 11.6 Å². The highest BCUT2D eigenvalue weighted by Gasteiger charge is 2.21. The Labute approximate surface area is 190 Å². The lowest BCUT2D eigenvalue weighted by Gasteiger charge is -2.24. The molecule has 0 unspecified atom stereocenters. The molecule has 0 radical (unpaired) electrons. The molecule has 31 heavy (non-hydrogen) atoms. The average Bonchev–Trinajstić information content (AvgIpc) is 2.69. The third kappa shape index (κ3) is 5.50. The van der Waals surface area contributed by atoms with Gasteiger partial charge in [0.05, 0.1) is 15.1 Å². The molecule has 0 saturated heterocycles. The van der Waals surface area contributed by atoms with Gasteiger partial charge in [0.2, 0.25) is 0 Å². The number of aromatic carboxylic acids is 1. The van der Waals surface area contributed by atoms with Crippen LogP contribution in [0.25, 0.3) is 0 Å². The molecule has 5 nitrogen and oxygen atoms in total. The van der Waals surface area contributed by atoms with Gasteiger partial charge in [0.15, 0.2) is 5.69 Å². The lowest BCUT2D eigenvalue weighted by Crippen LogP contribution is -2.30. The van der Waals surface area contributed by atoms with E-state index < -0.39 is 23.5 Å². The molecule has 0 aliphatic rings. The third-order valence-electron chi connectivity index (χ3n) is 4.26. The van der Waals surface area contributed by atoms with E-state index in [4.69, 9.17) is 39.9 Å². The first-order chi connectivity index (χ1) is 14.7. The number of carboxylic acid groups (broad SMARTS) is 1. The molecule has 3 aromatic rings. The van der Waals surface area contributed by atoms with Crippen LogP contribution in [0.2, 0.25) is 15.1 Å². The summed E-state index contributed by atoms with van der Waals surface area (Å²) in [7, 11) is 0. The first kappa shape index (κ1) is 22.9. The predicted octanol–water partition coefficient (Wildman–Crippen LogP) is 5.86. The number of aromatic nitrogens is 1. The monoisotopic (exact) mass is 484 g/mol. The quantitative estimate of drug-likeness (QED) is 0.475. The second-order valence-electron chi connectivity index (χ2n) is 6.51. The van der Waals surface area contributed by atoms with Crippen LogP contribution in [0.4, 0.5) is 8.78 Å². The standard InChI is InChI=1S/C21H13Cl3F2N2O3/c22-16-3-1-2-12(18(16)24)10-28(20(29)13-5-14(25)7-15(26)6-13)9-11-4-17(23)19(21(30)31)27-8-11/h1-8H,9-10H2,(H,30,31). The van der Waals surface area contributed by atoms with Gasteiger partial charge in [0, 0.05) is 30.9 Å². The van der Waals surface area contributed by atoms with Gasteiger partial charge in [-0.05, 0) is 35.4 Å². The highest BCUT2D eigenvalue weighted by atomic mass is 35.5. The van der Waals surface area contributed by atoms with E-state index in [0.29, 0.717) is 17.2 Å². The largest absolute Gasteiger partial charge is 0.476 e. The molecule has 0 saturated carbocycles. The van der Waals surface area contributed by atoms with E-state index in [9.17, 15) is 18.4 Å². The number of rotatable bonds is 6. The van der Waals surface area contributed by atoms with Crippen LogP contribution in [0.1, 0.15) is 32.0 Å². The summed E-state index contributed by atoms with van der Waals surface area (Å²) in [5.41, 5.74) is 0.351. The molecule has 0 fully saturated rings. The minimum atomic E-state index is -1.30. The Morgan fingerprint density at radius 2 is 1.65 bits per heavy atom. The summed E-state index contributed by atoms with van der Waals surface area (Å²) in [5.74, 6) is -3.79. The summed E-state index contributed by atoms with van der Waals surface area (Å²) in [5, 5.41) is 9.46. The molecule has 3 rings (SSSR count). The van der Waals surface area contributed by atoms with E-state index >= 15 is 0 Å². The summed E-state index contributed by atoms with van der Waals surface area (Å²) < 4.78 is 27.3. The van der Waals surface area contributed by atoms with Gasteiger partial charge >= 0.3 is 5.97 Å². The molecular weight excluding hydrogens is 473 g/mol. The van der Waals surface area contributed by atoms with Crippen molar-refractivity contribution in [1.29, 1.82) is 0 Å². The van der Waals surface area contributed by atoms with Crippen molar-refractivity contribution in [3.8, 4) is 0 Å². The molecule has 0 bridgehead atoms. The molecule has 1 heterocycles. The van der Waals surface area contributed by atoms with E-state index in [1.807, 2.05) is 0 Å². The summed E-state index contributed by atoms with van der Waals surface area (Å²) in [6.45, 7) is -0.138. The fourth-order valence-corrected chi connectivity index (χ4v) is 3.53. The van der Waals surface area contributed by atoms with Crippen LogP contribution in [-0.4, -0.2) is 26.9 Å². The molecule has 1 N–H and O–H groups in total. The van der Waals surface area contributed by atoms with Crippen LogP contribution in [-0.2, 0) is 13.1 Å². The van der Waals surface area contributed by atoms with Crippen molar-refractivity contribution in [3.63, 3.8) is 0 Å². The van der Waals surface area contributed by atoms with Gasteiger partial charge in [-0.1, -0.05) is 46.9 Å². The average molecular weight is 486 g/mol. The third-order valence-corrected chi connectivity index (χ3v) is 5.41. The van der Waals surface area contributed by atoms with E-state index in [-0.39, 0.29) is 39.4 Å². The van der Waals surface area contributed by atoms with E-state index in [1.165, 1.54) is 17.2 Å². The Morgan fingerprint density at radius 3 is 2.26 bits per heavy atom. The Bertz CT molecular complexity index is 1150. The second-order valence-corrected chi connectivity index (χ2v) is 7.70. The van der Waals surface area contributed by atoms with Crippen molar-refractivity contribution >= 4 is 46.7 Å². The Balaban J connectivity index is 1.99. The first-order valence-corrected chi connectivity index (χ1v) is 9.85. The molecule has 1 aromatic heterocycles. The van der Waals surface area contributed by atoms with Gasteiger partial charge in [-0.2, -0.15) is 0 Å². The summed E-state index contributed by atoms with van der Waals surface area (Å²) in [6, 6.07) is 8.71. The number of amides is 1. The summed E-state index contributed by atoms with van der Waals surface area (Å²) in [6.07, 6.45) is 1.25. The minimum Gasteiger partial charge on any atom is -0.476 e. The molecule has 1 amide bonds. The van der Waals surface area contributed by atoms with Crippen molar-refractivity contribution in [2.75, 3.05) is 0 Å². The molecule has 0 aliphatic heterocycles. The number of carbonyl (C=O) groups excluding carboxylic acids is 1. The highest BCUT2D eigenvalue weighted by Crippen LogP contribution is 2.28. The van der Waals surface area contributed by atoms with Gasteiger partial charge in [-0.15, -0.1) is 0 Å².